The van der Waals surface area contributed by atoms with Crippen LogP contribution in [0, 0.1) is 5.92 Å². The maximum atomic E-state index is 12.1. The van der Waals surface area contributed by atoms with Gasteiger partial charge in [-0.2, -0.15) is 0 Å². The molecule has 20 heavy (non-hydrogen) atoms. The number of nitrogens with two attached hydrogens (primary N) is 1. The molecule has 0 saturated heterocycles. The Kier molecular flexibility index (Phi) is 5.56. The summed E-state index contributed by atoms with van der Waals surface area (Å²) >= 11 is 0. The maximum absolute atomic E-state index is 12.1. The van der Waals surface area contributed by atoms with E-state index in [1.807, 2.05) is 30.3 Å². The van der Waals surface area contributed by atoms with Gasteiger partial charge in [0.2, 0.25) is 5.91 Å². The Hall–Kier alpha value is -1.39. The lowest BCUT2D eigenvalue weighted by Gasteiger charge is -2.31. The predicted molar refractivity (Wildman–Crippen MR) is 79.0 cm³/mol. The summed E-state index contributed by atoms with van der Waals surface area (Å²) in [6.07, 6.45) is 4.50. The Morgan fingerprint density at radius 2 is 2.00 bits per heavy atom. The molecular weight excluding hydrogens is 252 g/mol. The molecule has 1 aliphatic rings. The fraction of sp³-hybridized carbons (Fsp3) is 0.562. The number of amides is 1. The van der Waals surface area contributed by atoms with Gasteiger partial charge in [-0.3, -0.25) is 4.79 Å². The SMILES string of the molecule is NC(CC(=O)NC1CCCCC1CO)c1ccccc1. The van der Waals surface area contributed by atoms with Crippen LogP contribution in [0.1, 0.15) is 43.7 Å². The first-order valence-corrected chi connectivity index (χ1v) is 7.41. The number of nitrogens with one attached hydrogen (secondary N) is 1. The molecule has 1 fully saturated rings. The average Bonchev–Trinajstić information content (AvgIpc) is 2.48. The van der Waals surface area contributed by atoms with Crippen molar-refractivity contribution in [2.45, 2.75) is 44.2 Å². The number of aliphatic hydroxyl groups excluding tert-OH is 1. The molecule has 1 aromatic carbocycles. The smallest absolute Gasteiger partial charge is 0.222 e. The topological polar surface area (TPSA) is 75.4 Å². The largest absolute Gasteiger partial charge is 0.396 e. The molecule has 0 aliphatic heterocycles. The maximum Gasteiger partial charge on any atom is 0.222 e. The molecule has 0 spiro atoms. The third-order valence-electron chi connectivity index (χ3n) is 4.12. The Balaban J connectivity index is 1.85. The number of hydrogen-bond donors (Lipinski definition) is 3. The molecule has 1 aliphatic carbocycles. The van der Waals surface area contributed by atoms with Gasteiger partial charge in [0.1, 0.15) is 0 Å². The summed E-state index contributed by atoms with van der Waals surface area (Å²) in [5, 5.41) is 12.4. The number of carbonyl (C=O) groups excluding carboxylic acids is 1. The lowest BCUT2D eigenvalue weighted by atomic mass is 9.85. The predicted octanol–water partition coefficient (Wildman–Crippen LogP) is 1.74. The Morgan fingerprint density at radius 1 is 1.30 bits per heavy atom. The number of rotatable bonds is 5. The molecule has 4 heteroatoms. The minimum Gasteiger partial charge on any atom is -0.396 e. The van der Waals surface area contributed by atoms with Crippen LogP contribution in [0.15, 0.2) is 30.3 Å². The second-order valence-corrected chi connectivity index (χ2v) is 5.62. The highest BCUT2D eigenvalue weighted by Gasteiger charge is 2.26. The summed E-state index contributed by atoms with van der Waals surface area (Å²) < 4.78 is 0. The van der Waals surface area contributed by atoms with Crippen LogP contribution in [0.3, 0.4) is 0 Å². The number of hydrogen-bond acceptors (Lipinski definition) is 3. The van der Waals surface area contributed by atoms with Crippen LogP contribution in [-0.4, -0.2) is 23.7 Å². The quantitative estimate of drug-likeness (QED) is 0.767. The first kappa shape index (κ1) is 15.0. The fourth-order valence-corrected chi connectivity index (χ4v) is 2.90. The van der Waals surface area contributed by atoms with Crippen molar-refractivity contribution >= 4 is 5.91 Å². The van der Waals surface area contributed by atoms with E-state index in [0.29, 0.717) is 6.42 Å². The zero-order chi connectivity index (χ0) is 14.4. The van der Waals surface area contributed by atoms with Crippen molar-refractivity contribution in [1.29, 1.82) is 0 Å². The van der Waals surface area contributed by atoms with Gasteiger partial charge in [-0.05, 0) is 18.4 Å². The molecule has 110 valence electrons. The van der Waals surface area contributed by atoms with Gasteiger partial charge in [-0.15, -0.1) is 0 Å². The van der Waals surface area contributed by atoms with Crippen LogP contribution in [0.5, 0.6) is 0 Å². The minimum atomic E-state index is -0.271. The van der Waals surface area contributed by atoms with Gasteiger partial charge in [0, 0.05) is 31.0 Å². The molecular formula is C16H24N2O2. The average molecular weight is 276 g/mol. The molecule has 3 unspecified atom stereocenters. The highest BCUT2D eigenvalue weighted by atomic mass is 16.3. The third kappa shape index (κ3) is 4.05. The summed E-state index contributed by atoms with van der Waals surface area (Å²) in [5.41, 5.74) is 7.03. The molecule has 0 heterocycles. The standard InChI is InChI=1S/C16H24N2O2/c17-14(12-6-2-1-3-7-12)10-16(20)18-15-9-5-4-8-13(15)11-19/h1-3,6-7,13-15,19H,4-5,8-11,17H2,(H,18,20). The van der Waals surface area contributed by atoms with Crippen molar-refractivity contribution < 1.29 is 9.90 Å². The highest BCUT2D eigenvalue weighted by Crippen LogP contribution is 2.24. The van der Waals surface area contributed by atoms with E-state index in [9.17, 15) is 9.90 Å². The Bertz CT molecular complexity index is 422. The second kappa shape index (κ2) is 7.41. The Labute approximate surface area is 120 Å². The molecule has 1 amide bonds. The molecule has 0 bridgehead atoms. The highest BCUT2D eigenvalue weighted by molar-refractivity contribution is 5.77. The normalized spacial score (nSPS) is 24.1. The summed E-state index contributed by atoms with van der Waals surface area (Å²) in [6.45, 7) is 0.148. The monoisotopic (exact) mass is 276 g/mol. The van der Waals surface area contributed by atoms with Crippen LogP contribution < -0.4 is 11.1 Å². The van der Waals surface area contributed by atoms with Crippen molar-refractivity contribution in [1.82, 2.24) is 5.32 Å². The van der Waals surface area contributed by atoms with E-state index in [1.54, 1.807) is 0 Å². The zero-order valence-electron chi connectivity index (χ0n) is 11.8. The van der Waals surface area contributed by atoms with E-state index in [2.05, 4.69) is 5.32 Å². The van der Waals surface area contributed by atoms with Gasteiger partial charge in [-0.25, -0.2) is 0 Å². The summed E-state index contributed by atoms with van der Waals surface area (Å²) in [6, 6.07) is 9.50. The van der Waals surface area contributed by atoms with Crippen LogP contribution >= 0.6 is 0 Å². The van der Waals surface area contributed by atoms with E-state index in [1.165, 1.54) is 0 Å². The number of carbonyl (C=O) groups is 1. The number of aliphatic hydroxyl groups is 1. The summed E-state index contributed by atoms with van der Waals surface area (Å²) in [5.74, 6) is 0.173. The van der Waals surface area contributed by atoms with Gasteiger partial charge >= 0.3 is 0 Å². The summed E-state index contributed by atoms with van der Waals surface area (Å²) in [4.78, 5) is 12.1. The van der Waals surface area contributed by atoms with Gasteiger partial charge < -0.3 is 16.2 Å². The van der Waals surface area contributed by atoms with Gasteiger partial charge in [-0.1, -0.05) is 43.2 Å². The summed E-state index contributed by atoms with van der Waals surface area (Å²) in [7, 11) is 0. The lowest BCUT2D eigenvalue weighted by Crippen LogP contribution is -2.44. The molecule has 1 saturated carbocycles. The van der Waals surface area contributed by atoms with Gasteiger partial charge in [0.25, 0.3) is 0 Å². The van der Waals surface area contributed by atoms with E-state index in [-0.39, 0.29) is 30.5 Å². The van der Waals surface area contributed by atoms with Gasteiger partial charge in [0.15, 0.2) is 0 Å². The van der Waals surface area contributed by atoms with E-state index in [4.69, 9.17) is 5.73 Å². The van der Waals surface area contributed by atoms with E-state index < -0.39 is 0 Å². The van der Waals surface area contributed by atoms with Crippen LogP contribution in [0.25, 0.3) is 0 Å². The van der Waals surface area contributed by atoms with Crippen molar-refractivity contribution in [3.05, 3.63) is 35.9 Å². The molecule has 2 rings (SSSR count). The first-order valence-electron chi connectivity index (χ1n) is 7.41. The van der Waals surface area contributed by atoms with Gasteiger partial charge in [0.05, 0.1) is 0 Å². The number of benzene rings is 1. The molecule has 0 aromatic heterocycles. The van der Waals surface area contributed by atoms with Crippen molar-refractivity contribution in [3.8, 4) is 0 Å². The first-order chi connectivity index (χ1) is 9.70. The Morgan fingerprint density at radius 3 is 2.70 bits per heavy atom. The molecule has 4 N–H and O–H groups in total. The zero-order valence-corrected chi connectivity index (χ0v) is 11.8. The van der Waals surface area contributed by atoms with E-state index in [0.717, 1.165) is 31.2 Å². The van der Waals surface area contributed by atoms with Crippen molar-refractivity contribution in [2.75, 3.05) is 6.61 Å². The lowest BCUT2D eigenvalue weighted by molar-refractivity contribution is -0.122. The van der Waals surface area contributed by atoms with Crippen LogP contribution in [0.4, 0.5) is 0 Å². The van der Waals surface area contributed by atoms with Crippen molar-refractivity contribution in [3.63, 3.8) is 0 Å². The second-order valence-electron chi connectivity index (χ2n) is 5.62. The van der Waals surface area contributed by atoms with Crippen LogP contribution in [0.2, 0.25) is 0 Å². The molecule has 0 radical (unpaired) electrons. The molecule has 3 atom stereocenters. The van der Waals surface area contributed by atoms with Crippen LogP contribution in [-0.2, 0) is 4.79 Å². The minimum absolute atomic E-state index is 0.0216. The fourth-order valence-electron chi connectivity index (χ4n) is 2.90. The molecule has 1 aromatic rings. The van der Waals surface area contributed by atoms with E-state index >= 15 is 0 Å². The third-order valence-corrected chi connectivity index (χ3v) is 4.12. The molecule has 4 nitrogen and oxygen atoms in total. The van der Waals surface area contributed by atoms with Crippen molar-refractivity contribution in [2.24, 2.45) is 11.7 Å².